The molecule has 0 saturated carbocycles. The van der Waals surface area contributed by atoms with E-state index in [4.69, 9.17) is 27.9 Å². The van der Waals surface area contributed by atoms with Crippen molar-refractivity contribution in [3.63, 3.8) is 0 Å². The van der Waals surface area contributed by atoms with Gasteiger partial charge in [-0.15, -0.1) is 0 Å². The van der Waals surface area contributed by atoms with Crippen LogP contribution in [0.15, 0.2) is 59.5 Å². The van der Waals surface area contributed by atoms with Gasteiger partial charge >= 0.3 is 0 Å². The van der Waals surface area contributed by atoms with Gasteiger partial charge in [0.15, 0.2) is 11.1 Å². The number of aromatic amines is 1. The second-order valence-corrected chi connectivity index (χ2v) is 7.99. The van der Waals surface area contributed by atoms with Crippen LogP contribution >= 0.6 is 23.2 Å². The van der Waals surface area contributed by atoms with Crippen LogP contribution in [0, 0.1) is 5.82 Å². The fourth-order valence-corrected chi connectivity index (χ4v) is 4.06. The van der Waals surface area contributed by atoms with Crippen molar-refractivity contribution in [3.8, 4) is 11.4 Å². The number of hydrogen-bond donors (Lipinski definition) is 1. The minimum absolute atomic E-state index is 0.176. The highest BCUT2D eigenvalue weighted by Crippen LogP contribution is 2.29. The third-order valence-corrected chi connectivity index (χ3v) is 5.71. The van der Waals surface area contributed by atoms with Gasteiger partial charge in [0.25, 0.3) is 0 Å². The van der Waals surface area contributed by atoms with E-state index in [9.17, 15) is 9.18 Å². The van der Waals surface area contributed by atoms with Crippen LogP contribution in [0.25, 0.3) is 27.8 Å². The molecule has 32 heavy (non-hydrogen) atoms. The Morgan fingerprint density at radius 3 is 2.72 bits per heavy atom. The zero-order chi connectivity index (χ0) is 22.4. The summed E-state index contributed by atoms with van der Waals surface area (Å²) < 4.78 is 21.9. The third kappa shape index (κ3) is 3.59. The van der Waals surface area contributed by atoms with Gasteiger partial charge < -0.3 is 14.3 Å². The molecule has 1 N–H and O–H groups in total. The largest absolute Gasteiger partial charge is 0.497 e. The molecule has 6 nitrogen and oxygen atoms in total. The Kier molecular flexibility index (Phi) is 5.07. The summed E-state index contributed by atoms with van der Waals surface area (Å²) in [5.41, 5.74) is 2.40. The summed E-state index contributed by atoms with van der Waals surface area (Å²) in [5, 5.41) is 1.01. The van der Waals surface area contributed by atoms with E-state index >= 15 is 0 Å². The number of aromatic nitrogens is 4. The molecule has 0 bridgehead atoms. The zero-order valence-electron chi connectivity index (χ0n) is 16.7. The lowest BCUT2D eigenvalue weighted by Gasteiger charge is -2.14. The van der Waals surface area contributed by atoms with E-state index < -0.39 is 5.82 Å². The third-order valence-electron chi connectivity index (χ3n) is 5.20. The lowest BCUT2D eigenvalue weighted by Crippen LogP contribution is -2.09. The highest BCUT2D eigenvalue weighted by Gasteiger charge is 2.15. The summed E-state index contributed by atoms with van der Waals surface area (Å²) in [6, 6.07) is 12.9. The molecule has 0 radical (unpaired) electrons. The summed E-state index contributed by atoms with van der Waals surface area (Å²) in [6.07, 6.45) is 1.79. The van der Waals surface area contributed by atoms with Crippen LogP contribution in [0.1, 0.15) is 11.4 Å². The van der Waals surface area contributed by atoms with Crippen molar-refractivity contribution < 1.29 is 9.13 Å². The molecule has 2 aromatic carbocycles. The molecular formula is C23H15Cl2FN4O2. The number of imidazole rings is 1. The van der Waals surface area contributed by atoms with Crippen molar-refractivity contribution in [1.29, 1.82) is 0 Å². The quantitative estimate of drug-likeness (QED) is 0.363. The maximum Gasteiger partial charge on any atom is 0.189 e. The summed E-state index contributed by atoms with van der Waals surface area (Å²) in [4.78, 5) is 24.1. The Hall–Kier alpha value is -3.42. The molecule has 0 aliphatic heterocycles. The highest BCUT2D eigenvalue weighted by atomic mass is 35.5. The standard InChI is InChI=1S/C23H15Cl2FN4O2/c1-32-13-2-4-18(15(24)10-13)30-7-6-20(31)14-11-16(26)12(8-19(14)30)9-22-27-17-3-5-21(25)28-23(17)29-22/h2-8,10-11H,9H2,1H3,(H,27,28,29). The van der Waals surface area contributed by atoms with Gasteiger partial charge in [0, 0.05) is 30.1 Å². The van der Waals surface area contributed by atoms with Gasteiger partial charge in [-0.3, -0.25) is 4.79 Å². The SMILES string of the molecule is COc1ccc(-n2ccc(=O)c3cc(F)c(Cc4nc5nc(Cl)ccc5[nH]4)cc32)c(Cl)c1. The minimum atomic E-state index is -0.500. The molecule has 0 fully saturated rings. The van der Waals surface area contributed by atoms with Crippen molar-refractivity contribution in [3.05, 3.63) is 92.3 Å². The average molecular weight is 469 g/mol. The number of H-pyrrole nitrogens is 1. The van der Waals surface area contributed by atoms with Crippen molar-refractivity contribution in [2.75, 3.05) is 7.11 Å². The smallest absolute Gasteiger partial charge is 0.189 e. The molecule has 0 aliphatic carbocycles. The van der Waals surface area contributed by atoms with Gasteiger partial charge in [0.1, 0.15) is 22.5 Å². The van der Waals surface area contributed by atoms with E-state index in [1.165, 1.54) is 12.1 Å². The van der Waals surface area contributed by atoms with Gasteiger partial charge in [-0.1, -0.05) is 23.2 Å². The van der Waals surface area contributed by atoms with Gasteiger partial charge in [-0.2, -0.15) is 0 Å². The number of nitrogens with one attached hydrogen (secondary N) is 1. The molecule has 0 unspecified atom stereocenters. The van der Waals surface area contributed by atoms with Gasteiger partial charge in [0.05, 0.1) is 28.9 Å². The molecule has 0 aliphatic rings. The van der Waals surface area contributed by atoms with Crippen LogP contribution in [-0.2, 0) is 6.42 Å². The Morgan fingerprint density at radius 1 is 1.09 bits per heavy atom. The molecule has 5 aromatic rings. The molecule has 0 atom stereocenters. The van der Waals surface area contributed by atoms with Crippen molar-refractivity contribution in [1.82, 2.24) is 19.5 Å². The molecule has 5 rings (SSSR count). The molecule has 3 aromatic heterocycles. The van der Waals surface area contributed by atoms with E-state index in [1.54, 1.807) is 54.3 Å². The fourth-order valence-electron chi connectivity index (χ4n) is 3.65. The monoisotopic (exact) mass is 468 g/mol. The molecule has 0 amide bonds. The van der Waals surface area contributed by atoms with Crippen LogP contribution < -0.4 is 10.2 Å². The number of rotatable bonds is 4. The second-order valence-electron chi connectivity index (χ2n) is 7.19. The van der Waals surface area contributed by atoms with Crippen molar-refractivity contribution in [2.45, 2.75) is 6.42 Å². The van der Waals surface area contributed by atoms with Gasteiger partial charge in [-0.05, 0) is 42.0 Å². The summed E-state index contributed by atoms with van der Waals surface area (Å²) >= 11 is 12.4. The van der Waals surface area contributed by atoms with Crippen LogP contribution in [-0.4, -0.2) is 26.6 Å². The summed E-state index contributed by atoms with van der Waals surface area (Å²) in [5.74, 6) is 0.634. The van der Waals surface area contributed by atoms with E-state index in [1.807, 2.05) is 0 Å². The first-order valence-electron chi connectivity index (χ1n) is 9.62. The van der Waals surface area contributed by atoms with Crippen molar-refractivity contribution in [2.24, 2.45) is 0 Å². The zero-order valence-corrected chi connectivity index (χ0v) is 18.2. The number of methoxy groups -OCH3 is 1. The molecule has 0 saturated heterocycles. The van der Waals surface area contributed by atoms with Crippen LogP contribution in [0.3, 0.4) is 0 Å². The maximum absolute atomic E-state index is 14.9. The Bertz CT molecular complexity index is 1560. The first-order valence-corrected chi connectivity index (χ1v) is 10.4. The number of nitrogens with zero attached hydrogens (tertiary/aromatic N) is 3. The first kappa shape index (κ1) is 20.5. The number of fused-ring (bicyclic) bond motifs is 2. The molecule has 160 valence electrons. The fraction of sp³-hybridized carbons (Fsp3) is 0.0870. The predicted molar refractivity (Wildman–Crippen MR) is 123 cm³/mol. The molecular weight excluding hydrogens is 454 g/mol. The summed E-state index contributed by atoms with van der Waals surface area (Å²) in [7, 11) is 1.55. The Labute approximate surface area is 191 Å². The lowest BCUT2D eigenvalue weighted by molar-refractivity contribution is 0.415. The molecule has 9 heteroatoms. The average Bonchev–Trinajstić information content (AvgIpc) is 3.17. The molecule has 3 heterocycles. The topological polar surface area (TPSA) is 72.8 Å². The predicted octanol–water partition coefficient (Wildman–Crippen LogP) is 5.31. The lowest BCUT2D eigenvalue weighted by atomic mass is 10.1. The number of ether oxygens (including phenoxy) is 1. The number of pyridine rings is 2. The number of halogens is 3. The van der Waals surface area contributed by atoms with E-state index in [0.717, 1.165) is 0 Å². The van der Waals surface area contributed by atoms with Gasteiger partial charge in [-0.25, -0.2) is 14.4 Å². The molecule has 0 spiro atoms. The van der Waals surface area contributed by atoms with E-state index in [0.29, 0.717) is 49.7 Å². The van der Waals surface area contributed by atoms with Crippen LogP contribution in [0.4, 0.5) is 4.39 Å². The second kappa shape index (κ2) is 7.93. The minimum Gasteiger partial charge on any atom is -0.497 e. The number of hydrogen-bond acceptors (Lipinski definition) is 4. The van der Waals surface area contributed by atoms with Crippen LogP contribution in [0.5, 0.6) is 5.75 Å². The Balaban J connectivity index is 1.65. The first-order chi connectivity index (χ1) is 15.4. The van der Waals surface area contributed by atoms with E-state index in [-0.39, 0.29) is 17.2 Å². The summed E-state index contributed by atoms with van der Waals surface area (Å²) in [6.45, 7) is 0. The maximum atomic E-state index is 14.9. The van der Waals surface area contributed by atoms with Crippen LogP contribution in [0.2, 0.25) is 10.2 Å². The van der Waals surface area contributed by atoms with Crippen molar-refractivity contribution >= 4 is 45.3 Å². The van der Waals surface area contributed by atoms with E-state index in [2.05, 4.69) is 15.0 Å². The number of benzene rings is 2. The normalized spacial score (nSPS) is 11.4. The highest BCUT2D eigenvalue weighted by molar-refractivity contribution is 6.32. The Morgan fingerprint density at radius 2 is 1.94 bits per heavy atom. The van der Waals surface area contributed by atoms with Gasteiger partial charge in [0.2, 0.25) is 0 Å².